The van der Waals surface area contributed by atoms with Gasteiger partial charge in [-0.05, 0) is 31.7 Å². The van der Waals surface area contributed by atoms with Crippen molar-refractivity contribution in [2.45, 2.75) is 38.6 Å². The fourth-order valence-electron chi connectivity index (χ4n) is 2.08. The fourth-order valence-corrected chi connectivity index (χ4v) is 2.08. The van der Waals surface area contributed by atoms with Gasteiger partial charge in [0.1, 0.15) is 0 Å². The van der Waals surface area contributed by atoms with Gasteiger partial charge in [-0.2, -0.15) is 0 Å². The molecule has 0 aromatic rings. The van der Waals surface area contributed by atoms with Crippen LogP contribution in [0.5, 0.6) is 0 Å². The van der Waals surface area contributed by atoms with E-state index < -0.39 is 0 Å². The van der Waals surface area contributed by atoms with Crippen LogP contribution in [0.15, 0.2) is 0 Å². The normalized spacial score (nSPS) is 27.0. The van der Waals surface area contributed by atoms with Gasteiger partial charge in [0.2, 0.25) is 0 Å². The number of rotatable bonds is 7. The Kier molecular flexibility index (Phi) is 6.15. The molecule has 1 saturated carbocycles. The molecule has 0 aromatic heterocycles. The smallest absolute Gasteiger partial charge is 0.0697 e. The third-order valence-corrected chi connectivity index (χ3v) is 2.97. The van der Waals surface area contributed by atoms with Crippen LogP contribution >= 0.6 is 0 Å². The molecule has 0 bridgehead atoms. The second-order valence-electron chi connectivity index (χ2n) is 4.16. The Morgan fingerprint density at radius 3 is 2.86 bits per heavy atom. The molecule has 0 saturated heterocycles. The molecule has 0 aliphatic heterocycles. The van der Waals surface area contributed by atoms with Crippen molar-refractivity contribution in [2.24, 2.45) is 5.92 Å². The largest absolute Gasteiger partial charge is 0.394 e. The van der Waals surface area contributed by atoms with Crippen LogP contribution < -0.4 is 5.32 Å². The average Bonchev–Trinajstić information content (AvgIpc) is 2.58. The van der Waals surface area contributed by atoms with Gasteiger partial charge in [-0.25, -0.2) is 0 Å². The van der Waals surface area contributed by atoms with Crippen molar-refractivity contribution in [3.8, 4) is 0 Å². The van der Waals surface area contributed by atoms with E-state index in [9.17, 15) is 0 Å². The standard InChI is InChI=1S/C11H23NO2/c1-10-4-2-5-11(10)12-6-3-8-14-9-7-13/h10-13H,2-9H2,1H3. The Morgan fingerprint density at radius 2 is 2.21 bits per heavy atom. The maximum atomic E-state index is 8.49. The third-order valence-electron chi connectivity index (χ3n) is 2.97. The highest BCUT2D eigenvalue weighted by Crippen LogP contribution is 2.24. The first kappa shape index (κ1) is 12.0. The number of nitrogens with one attached hydrogen (secondary N) is 1. The first-order valence-electron chi connectivity index (χ1n) is 5.76. The molecule has 0 aromatic carbocycles. The predicted octanol–water partition coefficient (Wildman–Crippen LogP) is 1.16. The summed E-state index contributed by atoms with van der Waals surface area (Å²) in [5.74, 6) is 0.841. The molecule has 3 heteroatoms. The van der Waals surface area contributed by atoms with Gasteiger partial charge < -0.3 is 15.2 Å². The zero-order chi connectivity index (χ0) is 10.2. The van der Waals surface area contributed by atoms with Gasteiger partial charge in [-0.1, -0.05) is 13.3 Å². The summed E-state index contributed by atoms with van der Waals surface area (Å²) < 4.78 is 5.18. The molecule has 1 aliphatic rings. The number of ether oxygens (including phenoxy) is 1. The molecule has 2 N–H and O–H groups in total. The highest BCUT2D eigenvalue weighted by molar-refractivity contribution is 4.79. The summed E-state index contributed by atoms with van der Waals surface area (Å²) in [4.78, 5) is 0. The van der Waals surface area contributed by atoms with Crippen molar-refractivity contribution in [2.75, 3.05) is 26.4 Å². The molecule has 84 valence electrons. The van der Waals surface area contributed by atoms with E-state index in [1.54, 1.807) is 0 Å². The molecule has 1 aliphatic carbocycles. The van der Waals surface area contributed by atoms with Crippen molar-refractivity contribution < 1.29 is 9.84 Å². The Balaban J connectivity index is 1.88. The van der Waals surface area contributed by atoms with Crippen LogP contribution in [0.1, 0.15) is 32.6 Å². The molecule has 1 fully saturated rings. The molecule has 2 unspecified atom stereocenters. The molecule has 0 spiro atoms. The number of aliphatic hydroxyl groups is 1. The number of hydrogen-bond donors (Lipinski definition) is 2. The molecule has 2 atom stereocenters. The zero-order valence-electron chi connectivity index (χ0n) is 9.17. The Labute approximate surface area is 86.8 Å². The minimum Gasteiger partial charge on any atom is -0.394 e. The van der Waals surface area contributed by atoms with Gasteiger partial charge in [0, 0.05) is 12.6 Å². The lowest BCUT2D eigenvalue weighted by Gasteiger charge is -2.16. The predicted molar refractivity (Wildman–Crippen MR) is 57.3 cm³/mol. The van der Waals surface area contributed by atoms with Crippen molar-refractivity contribution in [3.05, 3.63) is 0 Å². The van der Waals surface area contributed by atoms with Crippen LogP contribution in [0, 0.1) is 5.92 Å². The Bertz CT molecular complexity index is 141. The molecule has 1 rings (SSSR count). The molecular formula is C11H23NO2. The second kappa shape index (κ2) is 7.21. The minimum absolute atomic E-state index is 0.132. The minimum atomic E-state index is 0.132. The van der Waals surface area contributed by atoms with E-state index in [1.165, 1.54) is 19.3 Å². The van der Waals surface area contributed by atoms with Gasteiger partial charge in [-0.3, -0.25) is 0 Å². The van der Waals surface area contributed by atoms with Gasteiger partial charge in [0.25, 0.3) is 0 Å². The Hall–Kier alpha value is -0.120. The van der Waals surface area contributed by atoms with Crippen LogP contribution in [0.4, 0.5) is 0 Å². The Morgan fingerprint density at radius 1 is 1.36 bits per heavy atom. The summed E-state index contributed by atoms with van der Waals surface area (Å²) in [6.07, 6.45) is 5.13. The fraction of sp³-hybridized carbons (Fsp3) is 1.00. The van der Waals surface area contributed by atoms with Crippen molar-refractivity contribution in [1.29, 1.82) is 0 Å². The first-order valence-corrected chi connectivity index (χ1v) is 5.76. The average molecular weight is 201 g/mol. The molecular weight excluding hydrogens is 178 g/mol. The van der Waals surface area contributed by atoms with E-state index in [0.29, 0.717) is 6.61 Å². The monoisotopic (exact) mass is 201 g/mol. The quantitative estimate of drug-likeness (QED) is 0.607. The van der Waals surface area contributed by atoms with Crippen molar-refractivity contribution >= 4 is 0 Å². The van der Waals surface area contributed by atoms with Gasteiger partial charge in [0.05, 0.1) is 13.2 Å². The lowest BCUT2D eigenvalue weighted by atomic mass is 10.1. The zero-order valence-corrected chi connectivity index (χ0v) is 9.17. The van der Waals surface area contributed by atoms with Crippen LogP contribution in [0.3, 0.4) is 0 Å². The summed E-state index contributed by atoms with van der Waals surface area (Å²) in [5.41, 5.74) is 0. The lowest BCUT2D eigenvalue weighted by Crippen LogP contribution is -2.32. The summed E-state index contributed by atoms with van der Waals surface area (Å²) in [5, 5.41) is 12.1. The van der Waals surface area contributed by atoms with Crippen LogP contribution in [0.2, 0.25) is 0 Å². The second-order valence-corrected chi connectivity index (χ2v) is 4.16. The van der Waals surface area contributed by atoms with Crippen LogP contribution in [-0.4, -0.2) is 37.5 Å². The molecule has 0 heterocycles. The van der Waals surface area contributed by atoms with E-state index in [0.717, 1.165) is 31.5 Å². The highest BCUT2D eigenvalue weighted by atomic mass is 16.5. The highest BCUT2D eigenvalue weighted by Gasteiger charge is 2.21. The SMILES string of the molecule is CC1CCCC1NCCCOCCO. The van der Waals surface area contributed by atoms with Gasteiger partial charge >= 0.3 is 0 Å². The topological polar surface area (TPSA) is 41.5 Å². The van der Waals surface area contributed by atoms with Crippen molar-refractivity contribution in [1.82, 2.24) is 5.32 Å². The number of hydrogen-bond acceptors (Lipinski definition) is 3. The summed E-state index contributed by atoms with van der Waals surface area (Å²) in [6.45, 7) is 4.73. The van der Waals surface area contributed by atoms with Crippen molar-refractivity contribution in [3.63, 3.8) is 0 Å². The van der Waals surface area contributed by atoms with E-state index in [2.05, 4.69) is 12.2 Å². The third kappa shape index (κ3) is 4.40. The summed E-state index contributed by atoms with van der Waals surface area (Å²) in [6, 6.07) is 0.729. The maximum absolute atomic E-state index is 8.49. The van der Waals surface area contributed by atoms with Gasteiger partial charge in [0.15, 0.2) is 0 Å². The molecule has 0 radical (unpaired) electrons. The molecule has 0 amide bonds. The van der Waals surface area contributed by atoms with Crippen LogP contribution in [0.25, 0.3) is 0 Å². The van der Waals surface area contributed by atoms with Crippen LogP contribution in [-0.2, 0) is 4.74 Å². The van der Waals surface area contributed by atoms with E-state index in [-0.39, 0.29) is 6.61 Å². The molecule has 3 nitrogen and oxygen atoms in total. The molecule has 14 heavy (non-hydrogen) atoms. The van der Waals surface area contributed by atoms with E-state index in [1.807, 2.05) is 0 Å². The first-order chi connectivity index (χ1) is 6.84. The number of aliphatic hydroxyl groups excluding tert-OH is 1. The summed E-state index contributed by atoms with van der Waals surface area (Å²) in [7, 11) is 0. The van der Waals surface area contributed by atoms with E-state index in [4.69, 9.17) is 9.84 Å². The summed E-state index contributed by atoms with van der Waals surface area (Å²) >= 11 is 0. The lowest BCUT2D eigenvalue weighted by molar-refractivity contribution is 0.0902. The maximum Gasteiger partial charge on any atom is 0.0697 e. The van der Waals surface area contributed by atoms with E-state index >= 15 is 0 Å². The van der Waals surface area contributed by atoms with Gasteiger partial charge in [-0.15, -0.1) is 0 Å².